The van der Waals surface area contributed by atoms with E-state index in [0.29, 0.717) is 30.6 Å². The Bertz CT molecular complexity index is 941. The van der Waals surface area contributed by atoms with Crippen LogP contribution >= 0.6 is 11.3 Å². The van der Waals surface area contributed by atoms with Gasteiger partial charge in [-0.2, -0.15) is 0 Å². The number of anilines is 1. The lowest BCUT2D eigenvalue weighted by Gasteiger charge is -2.23. The number of thiophene rings is 1. The van der Waals surface area contributed by atoms with Crippen molar-refractivity contribution in [1.82, 2.24) is 4.90 Å². The van der Waals surface area contributed by atoms with Crippen molar-refractivity contribution in [1.29, 1.82) is 0 Å². The van der Waals surface area contributed by atoms with Crippen LogP contribution in [0.3, 0.4) is 0 Å². The third-order valence-corrected chi connectivity index (χ3v) is 5.30. The second-order valence-corrected chi connectivity index (χ2v) is 7.23. The summed E-state index contributed by atoms with van der Waals surface area (Å²) in [5.74, 6) is -1.49. The Labute approximate surface area is 168 Å². The number of carboxylic acid groups (broad SMARTS) is 1. The van der Waals surface area contributed by atoms with Gasteiger partial charge in [0, 0.05) is 24.1 Å². The summed E-state index contributed by atoms with van der Waals surface area (Å²) >= 11 is 0.996. The maximum atomic E-state index is 12.5. The minimum absolute atomic E-state index is 0.0594. The van der Waals surface area contributed by atoms with Gasteiger partial charge in [-0.15, -0.1) is 11.3 Å². The zero-order valence-electron chi connectivity index (χ0n) is 15.1. The second kappa shape index (κ2) is 8.69. The summed E-state index contributed by atoms with van der Waals surface area (Å²) in [5.41, 5.74) is 0.892. The van der Waals surface area contributed by atoms with Crippen molar-refractivity contribution in [3.63, 3.8) is 0 Å². The van der Waals surface area contributed by atoms with E-state index < -0.39 is 28.9 Å². The Morgan fingerprint density at radius 1 is 1.31 bits per heavy atom. The molecule has 1 saturated heterocycles. The number of hydrogen-bond donors (Lipinski definition) is 2. The van der Waals surface area contributed by atoms with E-state index in [2.05, 4.69) is 5.32 Å². The maximum Gasteiger partial charge on any atom is 0.410 e. The number of nitrogens with zero attached hydrogens (tertiary/aromatic N) is 2. The Hall–Kier alpha value is -3.47. The van der Waals surface area contributed by atoms with Crippen LogP contribution < -0.4 is 5.32 Å². The smallest absolute Gasteiger partial charge is 0.410 e. The van der Waals surface area contributed by atoms with E-state index in [1.807, 2.05) is 0 Å². The van der Waals surface area contributed by atoms with Crippen LogP contribution in [-0.4, -0.2) is 45.5 Å². The summed E-state index contributed by atoms with van der Waals surface area (Å²) in [6.07, 6.45) is 0.445. The molecule has 0 radical (unpaired) electrons. The molecule has 10 nitrogen and oxygen atoms in total. The van der Waals surface area contributed by atoms with Crippen LogP contribution in [0.5, 0.6) is 0 Å². The zero-order valence-corrected chi connectivity index (χ0v) is 15.9. The van der Waals surface area contributed by atoms with Crippen LogP contribution in [0.25, 0.3) is 0 Å². The van der Waals surface area contributed by atoms with E-state index in [4.69, 9.17) is 9.84 Å². The summed E-state index contributed by atoms with van der Waals surface area (Å²) < 4.78 is 5.24. The molecule has 11 heteroatoms. The molecule has 29 heavy (non-hydrogen) atoms. The number of carbonyl (C=O) groups excluding carboxylic acids is 2. The van der Waals surface area contributed by atoms with E-state index in [1.165, 1.54) is 40.6 Å². The van der Waals surface area contributed by atoms with Crippen LogP contribution in [0, 0.1) is 10.1 Å². The Kier molecular flexibility index (Phi) is 6.07. The van der Waals surface area contributed by atoms with Gasteiger partial charge in [0.15, 0.2) is 0 Å². The highest BCUT2D eigenvalue weighted by atomic mass is 32.1. The summed E-state index contributed by atoms with van der Waals surface area (Å²) in [5, 5.41) is 23.8. The zero-order chi connectivity index (χ0) is 21.0. The lowest BCUT2D eigenvalue weighted by molar-refractivity contribution is -0.384. The Morgan fingerprint density at radius 2 is 2.03 bits per heavy atom. The van der Waals surface area contributed by atoms with Gasteiger partial charge in [-0.25, -0.2) is 9.59 Å². The quantitative estimate of drug-likeness (QED) is 0.542. The molecule has 2 N–H and O–H groups in total. The second-order valence-electron chi connectivity index (χ2n) is 6.32. The molecule has 1 aliphatic rings. The first-order valence-electron chi connectivity index (χ1n) is 8.64. The first-order chi connectivity index (χ1) is 13.8. The predicted molar refractivity (Wildman–Crippen MR) is 103 cm³/mol. The molecular formula is C18H17N3O7S. The van der Waals surface area contributed by atoms with E-state index >= 15 is 0 Å². The highest BCUT2D eigenvalue weighted by Gasteiger charge is 2.35. The maximum absolute atomic E-state index is 12.5. The minimum Gasteiger partial charge on any atom is -0.477 e. The van der Waals surface area contributed by atoms with Gasteiger partial charge in [0.05, 0.1) is 10.6 Å². The number of carboxylic acids is 1. The number of amides is 2. The molecule has 1 aromatic heterocycles. The number of carbonyl (C=O) groups is 3. The number of nitro groups is 1. The Morgan fingerprint density at radius 3 is 2.66 bits per heavy atom. The molecule has 0 spiro atoms. The van der Waals surface area contributed by atoms with Crippen molar-refractivity contribution in [2.75, 3.05) is 11.9 Å². The van der Waals surface area contributed by atoms with E-state index in [0.717, 1.165) is 11.3 Å². The first kappa shape index (κ1) is 20.3. The third kappa shape index (κ3) is 4.88. The summed E-state index contributed by atoms with van der Waals surface area (Å²) in [6, 6.07) is 6.28. The number of nitro benzene ring substituents is 1. The number of benzene rings is 1. The SMILES string of the molecule is O=C(O)c1cc(NC(=O)[C@@H]2CCCN2C(=O)OCc2ccc([N+](=O)[O-])cc2)cs1. The van der Waals surface area contributed by atoms with Crippen molar-refractivity contribution in [3.8, 4) is 0 Å². The number of aromatic carboxylic acids is 1. The number of nitrogens with one attached hydrogen (secondary N) is 1. The molecule has 1 fully saturated rings. The van der Waals surface area contributed by atoms with Crippen LogP contribution in [-0.2, 0) is 16.1 Å². The molecular weight excluding hydrogens is 402 g/mol. The first-order valence-corrected chi connectivity index (χ1v) is 9.52. The molecule has 0 saturated carbocycles. The molecule has 1 aliphatic heterocycles. The minimum atomic E-state index is -1.08. The molecule has 0 aliphatic carbocycles. The lowest BCUT2D eigenvalue weighted by atomic mass is 10.2. The summed E-state index contributed by atoms with van der Waals surface area (Å²) in [4.78, 5) is 47.4. The number of hydrogen-bond acceptors (Lipinski definition) is 7. The number of rotatable bonds is 6. The van der Waals surface area contributed by atoms with Crippen molar-refractivity contribution < 1.29 is 29.2 Å². The summed E-state index contributed by atoms with van der Waals surface area (Å²) in [6.45, 7) is 0.287. The molecule has 152 valence electrons. The number of non-ortho nitro benzene ring substituents is 1. The fourth-order valence-corrected chi connectivity index (χ4v) is 3.62. The van der Waals surface area contributed by atoms with Gasteiger partial charge < -0.3 is 15.2 Å². The van der Waals surface area contributed by atoms with Gasteiger partial charge >= 0.3 is 12.1 Å². The lowest BCUT2D eigenvalue weighted by Crippen LogP contribution is -2.43. The average Bonchev–Trinajstić information content (AvgIpc) is 3.36. The fourth-order valence-electron chi connectivity index (χ4n) is 2.94. The summed E-state index contributed by atoms with van der Waals surface area (Å²) in [7, 11) is 0. The predicted octanol–water partition coefficient (Wildman–Crippen LogP) is 3.09. The van der Waals surface area contributed by atoms with Crippen LogP contribution in [0.15, 0.2) is 35.7 Å². The van der Waals surface area contributed by atoms with E-state index in [1.54, 1.807) is 0 Å². The van der Waals surface area contributed by atoms with Crippen LogP contribution in [0.1, 0.15) is 28.1 Å². The third-order valence-electron chi connectivity index (χ3n) is 4.38. The van der Waals surface area contributed by atoms with Gasteiger partial charge in [0.1, 0.15) is 17.5 Å². The average molecular weight is 419 g/mol. The van der Waals surface area contributed by atoms with Crippen LogP contribution in [0.4, 0.5) is 16.2 Å². The molecule has 2 heterocycles. The largest absolute Gasteiger partial charge is 0.477 e. The molecule has 2 amide bonds. The monoisotopic (exact) mass is 419 g/mol. The van der Waals surface area contributed by atoms with Gasteiger partial charge in [-0.05, 0) is 36.6 Å². The molecule has 0 unspecified atom stereocenters. The topological polar surface area (TPSA) is 139 Å². The molecule has 3 rings (SSSR count). The highest BCUT2D eigenvalue weighted by molar-refractivity contribution is 7.12. The van der Waals surface area contributed by atoms with Crippen molar-refractivity contribution >= 4 is 40.7 Å². The van der Waals surface area contributed by atoms with Crippen molar-refractivity contribution in [2.24, 2.45) is 0 Å². The molecule has 1 aromatic carbocycles. The van der Waals surface area contributed by atoms with Crippen LogP contribution in [0.2, 0.25) is 0 Å². The fraction of sp³-hybridized carbons (Fsp3) is 0.278. The van der Waals surface area contributed by atoms with E-state index in [9.17, 15) is 24.5 Å². The standard InChI is InChI=1S/C18H17N3O7S/c22-16(19-12-8-15(17(23)24)29-10-12)14-2-1-7-20(14)18(25)28-9-11-3-5-13(6-4-11)21(26)27/h3-6,8,10,14H,1-2,7,9H2,(H,19,22)(H,23,24)/t14-/m0/s1. The van der Waals surface area contributed by atoms with Gasteiger partial charge in [0.2, 0.25) is 5.91 Å². The van der Waals surface area contributed by atoms with Crippen molar-refractivity contribution in [3.05, 3.63) is 56.3 Å². The molecule has 1 atom stereocenters. The van der Waals surface area contributed by atoms with E-state index in [-0.39, 0.29) is 17.2 Å². The number of likely N-dealkylation sites (tertiary alicyclic amines) is 1. The van der Waals surface area contributed by atoms with Gasteiger partial charge in [-0.3, -0.25) is 19.8 Å². The molecule has 2 aromatic rings. The van der Waals surface area contributed by atoms with Crippen molar-refractivity contribution in [2.45, 2.75) is 25.5 Å². The van der Waals surface area contributed by atoms with Gasteiger partial charge in [0.25, 0.3) is 5.69 Å². The highest BCUT2D eigenvalue weighted by Crippen LogP contribution is 2.23. The number of ether oxygens (including phenoxy) is 1. The normalized spacial score (nSPS) is 15.7. The Balaban J connectivity index is 1.57. The van der Waals surface area contributed by atoms with Gasteiger partial charge in [-0.1, -0.05) is 0 Å². The molecule has 0 bridgehead atoms.